The summed E-state index contributed by atoms with van der Waals surface area (Å²) in [5, 5.41) is 20.4. The molecule has 0 radical (unpaired) electrons. The fourth-order valence-electron chi connectivity index (χ4n) is 5.86. The molecule has 3 amide bonds. The van der Waals surface area contributed by atoms with E-state index in [1.807, 2.05) is 12.1 Å². The van der Waals surface area contributed by atoms with Crippen molar-refractivity contribution in [2.45, 2.75) is 45.0 Å². The Hall–Kier alpha value is -2.95. The Bertz CT molecular complexity index is 1100. The Morgan fingerprint density at radius 3 is 2.69 bits per heavy atom. The topological polar surface area (TPSA) is 123 Å². The lowest BCUT2D eigenvalue weighted by atomic mass is 9.58. The van der Waals surface area contributed by atoms with E-state index in [0.717, 1.165) is 35.8 Å². The van der Waals surface area contributed by atoms with E-state index >= 15 is 0 Å². The second kappa shape index (κ2) is 11.0. The van der Waals surface area contributed by atoms with Crippen molar-refractivity contribution in [2.24, 2.45) is 17.8 Å². The van der Waals surface area contributed by atoms with E-state index in [-0.39, 0.29) is 25.1 Å². The molecule has 0 saturated carbocycles. The zero-order chi connectivity index (χ0) is 26.0. The Kier molecular flexibility index (Phi) is 7.97. The summed E-state index contributed by atoms with van der Waals surface area (Å²) in [5.41, 5.74) is 3.81. The molecule has 192 valence electrons. The molecule has 4 rings (SSSR count). The number of aromatic hydroxyl groups is 1. The first kappa shape index (κ1) is 26.1. The highest BCUT2D eigenvalue weighted by Gasteiger charge is 2.59. The fourth-order valence-corrected chi connectivity index (χ4v) is 5.86. The average Bonchev–Trinajstić information content (AvgIpc) is 3.10. The number of allylic oxidation sites excluding steroid dienone is 1. The van der Waals surface area contributed by atoms with Crippen LogP contribution >= 0.6 is 0 Å². The number of fused-ring (bicyclic) bond motifs is 3. The molecule has 0 unspecified atom stereocenters. The number of amides is 3. The van der Waals surface area contributed by atoms with Crippen molar-refractivity contribution in [1.29, 1.82) is 0 Å². The van der Waals surface area contributed by atoms with Gasteiger partial charge in [-0.15, -0.1) is 0 Å². The molecule has 9 nitrogen and oxygen atoms in total. The van der Waals surface area contributed by atoms with Crippen LogP contribution < -0.4 is 0 Å². The maximum Gasteiger partial charge on any atom is 0.455 e. The van der Waals surface area contributed by atoms with E-state index in [0.29, 0.717) is 17.7 Å². The van der Waals surface area contributed by atoms with E-state index in [9.17, 15) is 24.5 Å². The quantitative estimate of drug-likeness (QED) is 0.335. The van der Waals surface area contributed by atoms with E-state index in [4.69, 9.17) is 9.39 Å². The number of methoxy groups -OCH3 is 2. The summed E-state index contributed by atoms with van der Waals surface area (Å²) in [5.74, 6) is -2.83. The molecule has 1 aromatic rings. The van der Waals surface area contributed by atoms with Crippen LogP contribution in [-0.2, 0) is 23.7 Å². The van der Waals surface area contributed by atoms with Gasteiger partial charge >= 0.3 is 13.2 Å². The lowest BCUT2D eigenvalue weighted by Crippen LogP contribution is -2.46. The lowest BCUT2D eigenvalue weighted by Gasteiger charge is -2.43. The summed E-state index contributed by atoms with van der Waals surface area (Å²) in [6, 6.07) is 7.03. The van der Waals surface area contributed by atoms with Crippen LogP contribution in [0.1, 0.15) is 38.2 Å². The van der Waals surface area contributed by atoms with Gasteiger partial charge in [-0.25, -0.2) is 4.79 Å². The van der Waals surface area contributed by atoms with E-state index in [1.165, 1.54) is 0 Å². The molecular weight excluding hydrogens is 465 g/mol. The second-order valence-corrected chi connectivity index (χ2v) is 9.52. The minimum Gasteiger partial charge on any atom is -0.508 e. The number of phenols is 1. The molecule has 1 aromatic carbocycles. The van der Waals surface area contributed by atoms with Crippen LogP contribution in [0.4, 0.5) is 4.79 Å². The molecule has 10 heteroatoms. The minimum atomic E-state index is -1.10. The van der Waals surface area contributed by atoms with Crippen molar-refractivity contribution in [3.63, 3.8) is 0 Å². The Morgan fingerprint density at radius 1 is 1.25 bits per heavy atom. The lowest BCUT2D eigenvalue weighted by molar-refractivity contribution is -0.137. The van der Waals surface area contributed by atoms with Gasteiger partial charge in [-0.05, 0) is 66.8 Å². The SMILES string of the molecule is CC/C(=C\c1cccc(O)c1)CC[C@H]1OB(O)C[C@H]2C1=C(COC)C[C@H]1C(=O)N(C(=O)OC)C(=O)[C@H]12. The molecule has 3 aliphatic rings. The maximum atomic E-state index is 13.2. The summed E-state index contributed by atoms with van der Waals surface area (Å²) >= 11 is 0. The molecule has 0 aromatic heterocycles. The normalized spacial score (nSPS) is 26.3. The predicted molar refractivity (Wildman–Crippen MR) is 132 cm³/mol. The van der Waals surface area contributed by atoms with Crippen LogP contribution in [0.3, 0.4) is 0 Å². The van der Waals surface area contributed by atoms with Gasteiger partial charge in [-0.1, -0.05) is 30.7 Å². The standard InChI is InChI=1S/C26H32BNO8/c1-4-15(10-16-6-5-7-18(29)11-16)8-9-21-22-17(14-34-2)12-19-23(20(22)13-27(33)36-21)25(31)28(24(19)30)26(32)35-3/h5-7,10-11,19-21,23,29,33H,4,8-9,12-14H2,1-3H3/b15-10+/t19-,20+,21-,23-/m1/s1. The predicted octanol–water partition coefficient (Wildman–Crippen LogP) is 3.18. The fraction of sp³-hybridized carbons (Fsp3) is 0.500. The molecule has 2 heterocycles. The van der Waals surface area contributed by atoms with Crippen LogP contribution in [0.5, 0.6) is 5.75 Å². The number of benzene rings is 1. The number of likely N-dealkylation sites (tertiary alicyclic amines) is 1. The van der Waals surface area contributed by atoms with Crippen molar-refractivity contribution in [1.82, 2.24) is 4.90 Å². The number of carbonyl (C=O) groups is 3. The average molecular weight is 497 g/mol. The van der Waals surface area contributed by atoms with Crippen LogP contribution in [0.15, 0.2) is 41.0 Å². The molecule has 0 bridgehead atoms. The summed E-state index contributed by atoms with van der Waals surface area (Å²) < 4.78 is 16.1. The first-order valence-electron chi connectivity index (χ1n) is 12.3. The molecule has 2 fully saturated rings. The largest absolute Gasteiger partial charge is 0.508 e. The Balaban J connectivity index is 1.63. The van der Waals surface area contributed by atoms with Gasteiger partial charge in [0.05, 0.1) is 31.7 Å². The number of ether oxygens (including phenoxy) is 2. The minimum absolute atomic E-state index is 0.161. The first-order chi connectivity index (χ1) is 17.3. The highest BCUT2D eigenvalue weighted by atomic mass is 16.5. The zero-order valence-electron chi connectivity index (χ0n) is 20.8. The number of hydrogen-bond acceptors (Lipinski definition) is 8. The number of nitrogens with zero attached hydrogens (tertiary/aromatic N) is 1. The Labute approximate surface area is 210 Å². The molecule has 36 heavy (non-hydrogen) atoms. The molecule has 2 saturated heterocycles. The van der Waals surface area contributed by atoms with Gasteiger partial charge < -0.3 is 24.3 Å². The molecule has 1 aliphatic carbocycles. The van der Waals surface area contributed by atoms with E-state index in [2.05, 4.69) is 11.7 Å². The number of hydrogen-bond donors (Lipinski definition) is 2. The highest BCUT2D eigenvalue weighted by molar-refractivity contribution is 6.43. The number of phenolic OH excluding ortho intramolecular Hbond substituents is 1. The van der Waals surface area contributed by atoms with Gasteiger partial charge in [0.1, 0.15) is 5.75 Å². The molecule has 0 spiro atoms. The van der Waals surface area contributed by atoms with E-state index in [1.54, 1.807) is 25.3 Å². The van der Waals surface area contributed by atoms with Crippen LogP contribution in [-0.4, -0.2) is 67.0 Å². The third-order valence-corrected chi connectivity index (χ3v) is 7.41. The monoisotopic (exact) mass is 497 g/mol. The summed E-state index contributed by atoms with van der Waals surface area (Å²) in [6.45, 7) is 2.32. The van der Waals surface area contributed by atoms with Crippen molar-refractivity contribution < 1.29 is 38.6 Å². The number of carbonyl (C=O) groups excluding carboxylic acids is 3. The van der Waals surface area contributed by atoms with Crippen LogP contribution in [0.25, 0.3) is 6.08 Å². The Morgan fingerprint density at radius 2 is 2.03 bits per heavy atom. The van der Waals surface area contributed by atoms with Crippen molar-refractivity contribution in [2.75, 3.05) is 20.8 Å². The van der Waals surface area contributed by atoms with Gasteiger partial charge in [-0.2, -0.15) is 4.90 Å². The third kappa shape index (κ3) is 4.98. The molecule has 2 N–H and O–H groups in total. The first-order valence-corrected chi connectivity index (χ1v) is 12.3. The van der Waals surface area contributed by atoms with Crippen molar-refractivity contribution >= 4 is 31.1 Å². The van der Waals surface area contributed by atoms with Crippen LogP contribution in [0.2, 0.25) is 6.32 Å². The molecule has 4 atom stereocenters. The smallest absolute Gasteiger partial charge is 0.455 e. The van der Waals surface area contributed by atoms with E-state index < -0.39 is 48.9 Å². The zero-order valence-corrected chi connectivity index (χ0v) is 20.8. The summed E-state index contributed by atoms with van der Waals surface area (Å²) in [7, 11) is 1.61. The summed E-state index contributed by atoms with van der Waals surface area (Å²) in [6.07, 6.45) is 3.08. The second-order valence-electron chi connectivity index (χ2n) is 9.52. The highest BCUT2D eigenvalue weighted by Crippen LogP contribution is 2.50. The van der Waals surface area contributed by atoms with Gasteiger partial charge in [0, 0.05) is 7.11 Å². The maximum absolute atomic E-state index is 13.2. The molecule has 2 aliphatic heterocycles. The van der Waals surface area contributed by atoms with Gasteiger partial charge in [0.25, 0.3) is 0 Å². The third-order valence-electron chi connectivity index (χ3n) is 7.41. The van der Waals surface area contributed by atoms with Crippen molar-refractivity contribution in [3.05, 3.63) is 46.5 Å². The molecular formula is C26H32BNO8. The van der Waals surface area contributed by atoms with Crippen LogP contribution in [0, 0.1) is 17.8 Å². The van der Waals surface area contributed by atoms with Gasteiger partial charge in [-0.3, -0.25) is 9.59 Å². The number of rotatable bonds is 7. The summed E-state index contributed by atoms with van der Waals surface area (Å²) in [4.78, 5) is 39.0. The van der Waals surface area contributed by atoms with Gasteiger partial charge in [0.2, 0.25) is 11.8 Å². The van der Waals surface area contributed by atoms with Gasteiger partial charge in [0.15, 0.2) is 0 Å². The number of imide groups is 3. The van der Waals surface area contributed by atoms with Crippen molar-refractivity contribution in [3.8, 4) is 5.75 Å².